The smallest absolute Gasteiger partial charge is 0.331 e. The molecule has 0 saturated carbocycles. The second-order valence-electron chi connectivity index (χ2n) is 8.03. The lowest BCUT2D eigenvalue weighted by molar-refractivity contribution is -0.148. The first-order valence-corrected chi connectivity index (χ1v) is 12.7. The Balaban J connectivity index is 1.87. The highest BCUT2D eigenvalue weighted by Crippen LogP contribution is 2.39. The maximum absolute atomic E-state index is 13.7. The lowest BCUT2D eigenvalue weighted by atomic mass is 10.0. The zero-order chi connectivity index (χ0) is 26.7. The summed E-state index contributed by atoms with van der Waals surface area (Å²) in [5.74, 6) is -4.35. The minimum absolute atomic E-state index is 0.0330. The van der Waals surface area contributed by atoms with E-state index in [0.29, 0.717) is 4.31 Å². The van der Waals surface area contributed by atoms with Gasteiger partial charge in [-0.25, -0.2) is 17.5 Å². The van der Waals surface area contributed by atoms with Gasteiger partial charge in [-0.15, -0.1) is 0 Å². The molecule has 0 aliphatic carbocycles. The van der Waals surface area contributed by atoms with Crippen molar-refractivity contribution >= 4 is 45.3 Å². The summed E-state index contributed by atoms with van der Waals surface area (Å²) in [6, 6.07) is 13.2. The second-order valence-corrected chi connectivity index (χ2v) is 9.86. The van der Waals surface area contributed by atoms with Gasteiger partial charge in [-0.2, -0.15) is 0 Å². The van der Waals surface area contributed by atoms with E-state index >= 15 is 0 Å². The number of rotatable bonds is 8. The van der Waals surface area contributed by atoms with E-state index in [2.05, 4.69) is 0 Å². The van der Waals surface area contributed by atoms with Crippen LogP contribution in [-0.2, 0) is 38.7 Å². The van der Waals surface area contributed by atoms with Crippen molar-refractivity contribution in [3.05, 3.63) is 71.4 Å². The van der Waals surface area contributed by atoms with Crippen LogP contribution in [0.3, 0.4) is 0 Å². The minimum atomic E-state index is -4.46. The van der Waals surface area contributed by atoms with E-state index in [-0.39, 0.29) is 35.5 Å². The van der Waals surface area contributed by atoms with Crippen molar-refractivity contribution < 1.29 is 41.9 Å². The Morgan fingerprint density at radius 2 is 1.49 bits per heavy atom. The molecule has 2 aliphatic rings. The van der Waals surface area contributed by atoms with Crippen LogP contribution in [0.25, 0.3) is 5.76 Å². The van der Waals surface area contributed by atoms with E-state index in [1.807, 2.05) is 0 Å². The zero-order valence-corrected chi connectivity index (χ0v) is 20.5. The molecule has 11 nitrogen and oxygen atoms in total. The highest BCUT2D eigenvalue weighted by atomic mass is 32.2. The number of nitrogens with zero attached hydrogens (tertiary/aromatic N) is 2. The summed E-state index contributed by atoms with van der Waals surface area (Å²) in [6.07, 6.45) is -0.0815. The molecule has 2 aliphatic heterocycles. The number of carbonyl (C=O) groups is 5. The van der Waals surface area contributed by atoms with Gasteiger partial charge in [0.2, 0.25) is 17.6 Å². The van der Waals surface area contributed by atoms with Gasteiger partial charge in [0.25, 0.3) is 10.0 Å². The molecule has 2 aromatic rings. The van der Waals surface area contributed by atoms with E-state index in [1.165, 1.54) is 43.3 Å². The van der Waals surface area contributed by atoms with Crippen molar-refractivity contribution in [2.75, 3.05) is 19.7 Å². The van der Waals surface area contributed by atoms with Gasteiger partial charge in [0, 0.05) is 24.0 Å². The van der Waals surface area contributed by atoms with Gasteiger partial charge in [-0.3, -0.25) is 24.1 Å². The van der Waals surface area contributed by atoms with Gasteiger partial charge in [0.05, 0.1) is 11.5 Å². The molecule has 2 heterocycles. The third-order valence-electron chi connectivity index (χ3n) is 5.65. The molecule has 0 aromatic heterocycles. The zero-order valence-electron chi connectivity index (χ0n) is 19.7. The van der Waals surface area contributed by atoms with Crippen molar-refractivity contribution in [3.8, 4) is 0 Å². The number of ketones is 1. The number of hydrogen-bond donors (Lipinski definition) is 0. The molecule has 1 fully saturated rings. The number of hydrogen-bond acceptors (Lipinski definition) is 9. The molecule has 192 valence electrons. The number of amides is 2. The molecule has 1 saturated heterocycles. The molecule has 0 bridgehead atoms. The lowest BCUT2D eigenvalue weighted by Gasteiger charge is -2.32. The number of carbonyl (C=O) groups excluding carboxylic acids is 5. The van der Waals surface area contributed by atoms with Crippen molar-refractivity contribution in [1.82, 2.24) is 9.21 Å². The average molecular weight is 527 g/mol. The predicted molar refractivity (Wildman–Crippen MR) is 127 cm³/mol. The fraction of sp³-hybridized carbons (Fsp3) is 0.240. The van der Waals surface area contributed by atoms with Crippen molar-refractivity contribution in [2.45, 2.75) is 24.7 Å². The van der Waals surface area contributed by atoms with Crippen molar-refractivity contribution in [1.29, 1.82) is 0 Å². The molecule has 2 amide bonds. The number of imide groups is 1. The maximum atomic E-state index is 13.7. The molecular formula is C25H22N2O9S. The number of sulfonamides is 1. The van der Waals surface area contributed by atoms with E-state index in [1.54, 1.807) is 18.2 Å². The average Bonchev–Trinajstić information content (AvgIpc) is 3.19. The third kappa shape index (κ3) is 5.00. The van der Waals surface area contributed by atoms with Crippen LogP contribution < -0.4 is 0 Å². The summed E-state index contributed by atoms with van der Waals surface area (Å²) >= 11 is 0. The van der Waals surface area contributed by atoms with E-state index in [0.717, 1.165) is 4.90 Å². The highest BCUT2D eigenvalue weighted by Gasteiger charge is 2.43. The molecule has 0 unspecified atom stereocenters. The van der Waals surface area contributed by atoms with Gasteiger partial charge in [0.1, 0.15) is 18.8 Å². The SMILES string of the molecule is CCOC(=O)CN1C(C(=O)c2ccccc2)=C(OC(=O)CN2C(=O)CCC2=O)c2ccccc2S1(=O)=O. The molecule has 0 radical (unpaired) electrons. The monoisotopic (exact) mass is 526 g/mol. The first-order valence-electron chi connectivity index (χ1n) is 11.3. The van der Waals surface area contributed by atoms with Gasteiger partial charge >= 0.3 is 11.9 Å². The Morgan fingerprint density at radius 1 is 0.865 bits per heavy atom. The number of Topliss-reactive ketones (excluding diaryl/α,β-unsaturated/α-hetero) is 1. The van der Waals surface area contributed by atoms with Gasteiger partial charge in [-0.1, -0.05) is 42.5 Å². The Hall–Kier alpha value is -4.32. The molecule has 12 heteroatoms. The Morgan fingerprint density at radius 3 is 2.14 bits per heavy atom. The topological polar surface area (TPSA) is 144 Å². The van der Waals surface area contributed by atoms with Crippen LogP contribution in [0.1, 0.15) is 35.7 Å². The molecule has 0 atom stereocenters. The van der Waals surface area contributed by atoms with Crippen LogP contribution in [-0.4, -0.2) is 66.9 Å². The number of likely N-dealkylation sites (tertiary alicyclic amines) is 1. The fourth-order valence-electron chi connectivity index (χ4n) is 3.97. The molecular weight excluding hydrogens is 504 g/mol. The van der Waals surface area contributed by atoms with E-state index in [9.17, 15) is 32.4 Å². The number of ether oxygens (including phenoxy) is 2. The predicted octanol–water partition coefficient (Wildman–Crippen LogP) is 1.50. The van der Waals surface area contributed by atoms with Gasteiger partial charge in [0.15, 0.2) is 5.76 Å². The van der Waals surface area contributed by atoms with Crippen LogP contribution in [0.15, 0.2) is 65.2 Å². The summed E-state index contributed by atoms with van der Waals surface area (Å²) in [5, 5.41) is 0. The number of benzene rings is 2. The standard InChI is InChI=1S/C25H22N2O9S/c1-2-35-21(30)15-27-23(24(32)16-8-4-3-5-9-16)25(17-10-6-7-11-18(17)37(27,33)34)36-22(31)14-26-19(28)12-13-20(26)29/h3-11H,2,12-15H2,1H3. The van der Waals surface area contributed by atoms with Gasteiger partial charge in [-0.05, 0) is 19.1 Å². The fourth-order valence-corrected chi connectivity index (χ4v) is 5.58. The Labute approximate surface area is 212 Å². The lowest BCUT2D eigenvalue weighted by Crippen LogP contribution is -2.42. The summed E-state index contributed by atoms with van der Waals surface area (Å²) in [6.45, 7) is -0.0734. The number of fused-ring (bicyclic) bond motifs is 1. The number of allylic oxidation sites excluding steroid dienone is 1. The van der Waals surface area contributed by atoms with Crippen molar-refractivity contribution in [2.24, 2.45) is 0 Å². The van der Waals surface area contributed by atoms with E-state index in [4.69, 9.17) is 9.47 Å². The van der Waals surface area contributed by atoms with Gasteiger partial charge < -0.3 is 9.47 Å². The highest BCUT2D eigenvalue weighted by molar-refractivity contribution is 7.89. The van der Waals surface area contributed by atoms with Crippen molar-refractivity contribution in [3.63, 3.8) is 0 Å². The molecule has 4 rings (SSSR count). The van der Waals surface area contributed by atoms with Crippen LogP contribution in [0, 0.1) is 0 Å². The van der Waals surface area contributed by atoms with Crippen LogP contribution in [0.4, 0.5) is 0 Å². The summed E-state index contributed by atoms with van der Waals surface area (Å²) in [5.41, 5.74) is -0.598. The molecule has 2 aromatic carbocycles. The van der Waals surface area contributed by atoms with Crippen LogP contribution in [0.2, 0.25) is 0 Å². The third-order valence-corrected chi connectivity index (χ3v) is 7.46. The minimum Gasteiger partial charge on any atom is -0.465 e. The summed E-state index contributed by atoms with van der Waals surface area (Å²) < 4.78 is 38.1. The molecule has 37 heavy (non-hydrogen) atoms. The van der Waals surface area contributed by atoms with Crippen LogP contribution in [0.5, 0.6) is 0 Å². The Bertz CT molecular complexity index is 1420. The first kappa shape index (κ1) is 25.8. The molecule has 0 spiro atoms. The second kappa shape index (κ2) is 10.3. The Kier molecular flexibility index (Phi) is 7.21. The maximum Gasteiger partial charge on any atom is 0.331 e. The normalized spacial score (nSPS) is 16.5. The largest absolute Gasteiger partial charge is 0.465 e. The molecule has 0 N–H and O–H groups in total. The quantitative estimate of drug-likeness (QED) is 0.284. The summed E-state index contributed by atoms with van der Waals surface area (Å²) in [4.78, 5) is 63.3. The first-order chi connectivity index (χ1) is 17.6. The van der Waals surface area contributed by atoms with E-state index < -0.39 is 64.1 Å². The van der Waals surface area contributed by atoms with Crippen LogP contribution >= 0.6 is 0 Å². The number of esters is 2. The summed E-state index contributed by atoms with van der Waals surface area (Å²) in [7, 11) is -4.46.